The van der Waals surface area contributed by atoms with Crippen LogP contribution < -0.4 is 15.0 Å². The smallest absolute Gasteiger partial charge is 0.193 e. The van der Waals surface area contributed by atoms with Gasteiger partial charge in [0.15, 0.2) is 5.96 Å². The topological polar surface area (TPSA) is 40.1 Å². The first kappa shape index (κ1) is 18.9. The van der Waals surface area contributed by atoms with Gasteiger partial charge in [-0.15, -0.1) is 24.0 Å². The van der Waals surface area contributed by atoms with Crippen LogP contribution in [0.3, 0.4) is 0 Å². The van der Waals surface area contributed by atoms with Crippen LogP contribution in [0.2, 0.25) is 0 Å². The number of piperazine rings is 1. The molecule has 0 unspecified atom stereocenters. The Morgan fingerprint density at radius 3 is 2.50 bits per heavy atom. The SMILES string of the molecule is CCCNC(=NC)N1CCN(c2ccccc2OC)CC1.I. The van der Waals surface area contributed by atoms with Gasteiger partial charge in [-0.1, -0.05) is 19.1 Å². The number of hydrogen-bond acceptors (Lipinski definition) is 3. The lowest BCUT2D eigenvalue weighted by atomic mass is 10.2. The second-order valence-corrected chi connectivity index (χ2v) is 5.12. The second-order valence-electron chi connectivity index (χ2n) is 5.12. The summed E-state index contributed by atoms with van der Waals surface area (Å²) in [5, 5.41) is 3.40. The summed E-state index contributed by atoms with van der Waals surface area (Å²) in [7, 11) is 3.58. The van der Waals surface area contributed by atoms with E-state index in [4.69, 9.17) is 4.74 Å². The van der Waals surface area contributed by atoms with E-state index in [0.717, 1.165) is 50.9 Å². The Balaban J connectivity index is 0.00000242. The van der Waals surface area contributed by atoms with E-state index in [1.165, 1.54) is 5.69 Å². The van der Waals surface area contributed by atoms with Gasteiger partial charge in [0.1, 0.15) is 5.75 Å². The number of guanidine groups is 1. The highest BCUT2D eigenvalue weighted by atomic mass is 127. The Kier molecular flexibility index (Phi) is 8.37. The van der Waals surface area contributed by atoms with Crippen molar-refractivity contribution in [2.75, 3.05) is 51.8 Å². The molecule has 1 N–H and O–H groups in total. The third-order valence-corrected chi connectivity index (χ3v) is 3.75. The molecule has 6 heteroatoms. The van der Waals surface area contributed by atoms with Gasteiger partial charge in [-0.25, -0.2) is 0 Å². The van der Waals surface area contributed by atoms with Crippen LogP contribution in [-0.2, 0) is 0 Å². The number of anilines is 1. The van der Waals surface area contributed by atoms with Gasteiger partial charge >= 0.3 is 0 Å². The number of rotatable bonds is 4. The maximum atomic E-state index is 5.46. The molecule has 0 radical (unpaired) electrons. The lowest BCUT2D eigenvalue weighted by molar-refractivity contribution is 0.367. The first-order chi connectivity index (χ1) is 10.3. The quantitative estimate of drug-likeness (QED) is 0.463. The Morgan fingerprint density at radius 1 is 1.23 bits per heavy atom. The molecule has 0 atom stereocenters. The monoisotopic (exact) mass is 418 g/mol. The first-order valence-corrected chi connectivity index (χ1v) is 7.63. The summed E-state index contributed by atoms with van der Waals surface area (Å²) in [6, 6.07) is 8.21. The highest BCUT2D eigenvalue weighted by molar-refractivity contribution is 14.0. The molecule has 22 heavy (non-hydrogen) atoms. The minimum Gasteiger partial charge on any atom is -0.495 e. The molecule has 1 aromatic rings. The average Bonchev–Trinajstić information content (AvgIpc) is 2.56. The standard InChI is InChI=1S/C16H26N4O.HI/c1-4-9-18-16(17-2)20-12-10-19(11-13-20)14-7-5-6-8-15(14)21-3;/h5-8H,4,9-13H2,1-3H3,(H,17,18);1H. The Labute approximate surface area is 150 Å². The minimum atomic E-state index is 0. The largest absolute Gasteiger partial charge is 0.495 e. The maximum Gasteiger partial charge on any atom is 0.193 e. The molecule has 1 aliphatic rings. The number of nitrogens with zero attached hydrogens (tertiary/aromatic N) is 3. The molecule has 124 valence electrons. The Bertz CT molecular complexity index is 473. The van der Waals surface area contributed by atoms with Crippen molar-refractivity contribution < 1.29 is 4.74 Å². The number of ether oxygens (including phenoxy) is 1. The summed E-state index contributed by atoms with van der Waals surface area (Å²) in [5.74, 6) is 1.95. The van der Waals surface area contributed by atoms with Gasteiger partial charge in [0.05, 0.1) is 12.8 Å². The zero-order chi connectivity index (χ0) is 15.1. The molecule has 2 rings (SSSR count). The number of halogens is 1. The fourth-order valence-electron chi connectivity index (χ4n) is 2.62. The molecule has 0 aromatic heterocycles. The summed E-state index contributed by atoms with van der Waals surface area (Å²) in [4.78, 5) is 9.07. The molecular formula is C16H27IN4O. The highest BCUT2D eigenvalue weighted by Gasteiger charge is 2.21. The van der Waals surface area contributed by atoms with Gasteiger partial charge in [0.25, 0.3) is 0 Å². The van der Waals surface area contributed by atoms with E-state index in [0.29, 0.717) is 0 Å². The van der Waals surface area contributed by atoms with E-state index in [1.807, 2.05) is 19.2 Å². The van der Waals surface area contributed by atoms with Gasteiger partial charge in [0, 0.05) is 39.8 Å². The van der Waals surface area contributed by atoms with E-state index < -0.39 is 0 Å². The van der Waals surface area contributed by atoms with E-state index in [-0.39, 0.29) is 24.0 Å². The fourth-order valence-corrected chi connectivity index (χ4v) is 2.62. The van der Waals surface area contributed by atoms with E-state index in [2.05, 4.69) is 39.2 Å². The molecule has 0 aliphatic carbocycles. The number of benzene rings is 1. The van der Waals surface area contributed by atoms with Crippen LogP contribution in [-0.4, -0.2) is 57.7 Å². The van der Waals surface area contributed by atoms with Crippen LogP contribution >= 0.6 is 24.0 Å². The molecule has 1 heterocycles. The van der Waals surface area contributed by atoms with Crippen LogP contribution in [0.1, 0.15) is 13.3 Å². The minimum absolute atomic E-state index is 0. The van der Waals surface area contributed by atoms with Crippen molar-refractivity contribution >= 4 is 35.6 Å². The molecule has 5 nitrogen and oxygen atoms in total. The lowest BCUT2D eigenvalue weighted by Crippen LogP contribution is -2.52. The number of methoxy groups -OCH3 is 1. The molecule has 1 aromatic carbocycles. The summed E-state index contributed by atoms with van der Waals surface area (Å²) in [6.07, 6.45) is 1.11. The number of hydrogen-bond donors (Lipinski definition) is 1. The van der Waals surface area contributed by atoms with Crippen LogP contribution in [0.25, 0.3) is 0 Å². The van der Waals surface area contributed by atoms with E-state index in [9.17, 15) is 0 Å². The van der Waals surface area contributed by atoms with Crippen molar-refractivity contribution in [2.24, 2.45) is 4.99 Å². The third-order valence-electron chi connectivity index (χ3n) is 3.75. The molecule has 1 fully saturated rings. The average molecular weight is 418 g/mol. The summed E-state index contributed by atoms with van der Waals surface area (Å²) in [6.45, 7) is 7.04. The molecule has 0 amide bonds. The fraction of sp³-hybridized carbons (Fsp3) is 0.562. The predicted molar refractivity (Wildman–Crippen MR) is 104 cm³/mol. The van der Waals surface area contributed by atoms with Crippen molar-refractivity contribution in [2.45, 2.75) is 13.3 Å². The molecule has 0 saturated carbocycles. The molecule has 1 aliphatic heterocycles. The second kappa shape index (κ2) is 9.76. The first-order valence-electron chi connectivity index (χ1n) is 7.63. The molecule has 1 saturated heterocycles. The van der Waals surface area contributed by atoms with Gasteiger partial charge in [-0.2, -0.15) is 0 Å². The predicted octanol–water partition coefficient (Wildman–Crippen LogP) is 2.42. The maximum absolute atomic E-state index is 5.46. The number of aliphatic imine (C=N–C) groups is 1. The van der Waals surface area contributed by atoms with Crippen molar-refractivity contribution in [3.05, 3.63) is 24.3 Å². The normalized spacial score (nSPS) is 15.3. The highest BCUT2D eigenvalue weighted by Crippen LogP contribution is 2.28. The van der Waals surface area contributed by atoms with E-state index >= 15 is 0 Å². The molecule has 0 bridgehead atoms. The van der Waals surface area contributed by atoms with Crippen LogP contribution in [0.15, 0.2) is 29.3 Å². The van der Waals surface area contributed by atoms with Crippen molar-refractivity contribution in [1.29, 1.82) is 0 Å². The summed E-state index contributed by atoms with van der Waals surface area (Å²) < 4.78 is 5.46. The number of para-hydroxylation sites is 2. The van der Waals surface area contributed by atoms with Crippen molar-refractivity contribution in [1.82, 2.24) is 10.2 Å². The summed E-state index contributed by atoms with van der Waals surface area (Å²) in [5.41, 5.74) is 1.18. The molecule has 0 spiro atoms. The Morgan fingerprint density at radius 2 is 1.91 bits per heavy atom. The van der Waals surface area contributed by atoms with Crippen LogP contribution in [0.4, 0.5) is 5.69 Å². The van der Waals surface area contributed by atoms with Gasteiger partial charge in [0.2, 0.25) is 0 Å². The van der Waals surface area contributed by atoms with Crippen molar-refractivity contribution in [3.8, 4) is 5.75 Å². The lowest BCUT2D eigenvalue weighted by Gasteiger charge is -2.38. The van der Waals surface area contributed by atoms with Gasteiger partial charge in [-0.05, 0) is 18.6 Å². The third kappa shape index (κ3) is 4.66. The van der Waals surface area contributed by atoms with Gasteiger partial charge in [-0.3, -0.25) is 4.99 Å². The number of nitrogens with one attached hydrogen (secondary N) is 1. The zero-order valence-corrected chi connectivity index (χ0v) is 16.0. The summed E-state index contributed by atoms with van der Waals surface area (Å²) >= 11 is 0. The molecular weight excluding hydrogens is 391 g/mol. The van der Waals surface area contributed by atoms with Crippen LogP contribution in [0, 0.1) is 0 Å². The Hall–Kier alpha value is -1.18. The van der Waals surface area contributed by atoms with Gasteiger partial charge < -0.3 is 19.9 Å². The van der Waals surface area contributed by atoms with Crippen molar-refractivity contribution in [3.63, 3.8) is 0 Å². The van der Waals surface area contributed by atoms with E-state index in [1.54, 1.807) is 7.11 Å². The zero-order valence-electron chi connectivity index (χ0n) is 13.7. The van der Waals surface area contributed by atoms with Crippen LogP contribution in [0.5, 0.6) is 5.75 Å².